The molecule has 2 rings (SSSR count). The van der Waals surface area contributed by atoms with E-state index in [0.29, 0.717) is 5.75 Å². The van der Waals surface area contributed by atoms with E-state index in [2.05, 4.69) is 0 Å². The van der Waals surface area contributed by atoms with Gasteiger partial charge in [0.2, 0.25) is 5.78 Å². The lowest BCUT2D eigenvalue weighted by molar-refractivity contribution is -0.146. The second kappa shape index (κ2) is 4.37. The van der Waals surface area contributed by atoms with Gasteiger partial charge in [0.15, 0.2) is 0 Å². The Morgan fingerprint density at radius 3 is 2.35 bits per heavy atom. The Kier molecular flexibility index (Phi) is 2.91. The summed E-state index contributed by atoms with van der Waals surface area (Å²) in [4.78, 5) is 21.9. The van der Waals surface area contributed by atoms with E-state index in [1.54, 1.807) is 12.1 Å². The lowest BCUT2D eigenvalue weighted by Crippen LogP contribution is -2.16. The van der Waals surface area contributed by atoms with Crippen LogP contribution in [0, 0.1) is 6.92 Å². The van der Waals surface area contributed by atoms with Gasteiger partial charge in [-0.05, 0) is 29.8 Å². The number of ether oxygens (including phenoxy) is 1. The third-order valence-corrected chi connectivity index (χ3v) is 2.47. The summed E-state index contributed by atoms with van der Waals surface area (Å²) in [5.41, 5.74) is 1.17. The minimum absolute atomic E-state index is 0.390. The first-order valence-corrected chi connectivity index (χ1v) is 5.29. The van der Waals surface area contributed by atoms with Gasteiger partial charge in [0.05, 0.1) is 0 Å². The Hall–Kier alpha value is -2.16. The van der Waals surface area contributed by atoms with Gasteiger partial charge in [-0.3, -0.25) is 4.79 Å². The van der Waals surface area contributed by atoms with Gasteiger partial charge in [-0.15, -0.1) is 0 Å². The maximum absolute atomic E-state index is 11.1. The molecule has 2 aromatic carbocycles. The fraction of sp³-hybridized carbons (Fsp3) is 0.143. The molecular weight excluding hydrogens is 216 g/mol. The van der Waals surface area contributed by atoms with Gasteiger partial charge in [0, 0.05) is 6.92 Å². The molecule has 0 aliphatic carbocycles. The van der Waals surface area contributed by atoms with Crippen LogP contribution in [0.2, 0.25) is 0 Å². The monoisotopic (exact) mass is 228 g/mol. The second-order valence-electron chi connectivity index (χ2n) is 3.96. The summed E-state index contributed by atoms with van der Waals surface area (Å²) >= 11 is 0. The van der Waals surface area contributed by atoms with Crippen molar-refractivity contribution >= 4 is 22.5 Å². The van der Waals surface area contributed by atoms with Gasteiger partial charge in [0.25, 0.3) is 0 Å². The molecule has 0 atom stereocenters. The lowest BCUT2D eigenvalue weighted by Gasteiger charge is -2.04. The van der Waals surface area contributed by atoms with E-state index in [0.717, 1.165) is 10.8 Å². The Morgan fingerprint density at radius 2 is 1.65 bits per heavy atom. The summed E-state index contributed by atoms with van der Waals surface area (Å²) < 4.78 is 4.93. The zero-order valence-electron chi connectivity index (χ0n) is 9.69. The van der Waals surface area contributed by atoms with Crippen LogP contribution in [0.15, 0.2) is 36.4 Å². The van der Waals surface area contributed by atoms with E-state index in [1.165, 1.54) is 12.5 Å². The molecule has 0 heterocycles. The number of fused-ring (bicyclic) bond motifs is 1. The van der Waals surface area contributed by atoms with Crippen molar-refractivity contribution in [3.8, 4) is 5.75 Å². The van der Waals surface area contributed by atoms with Gasteiger partial charge in [-0.2, -0.15) is 0 Å². The van der Waals surface area contributed by atoms with Crippen LogP contribution in [0.25, 0.3) is 10.8 Å². The molecule has 17 heavy (non-hydrogen) atoms. The Balaban J connectivity index is 2.35. The van der Waals surface area contributed by atoms with Crippen molar-refractivity contribution in [3.05, 3.63) is 42.0 Å². The number of hydrogen-bond donors (Lipinski definition) is 0. The summed E-state index contributed by atoms with van der Waals surface area (Å²) in [6.07, 6.45) is 0. The van der Waals surface area contributed by atoms with E-state index in [-0.39, 0.29) is 0 Å². The molecule has 3 nitrogen and oxygen atoms in total. The molecule has 0 aromatic heterocycles. The van der Waals surface area contributed by atoms with Crippen LogP contribution in [-0.4, -0.2) is 11.8 Å². The molecule has 0 fully saturated rings. The van der Waals surface area contributed by atoms with E-state index < -0.39 is 11.8 Å². The lowest BCUT2D eigenvalue weighted by atomic mass is 10.1. The van der Waals surface area contributed by atoms with Crippen LogP contribution >= 0.6 is 0 Å². The fourth-order valence-corrected chi connectivity index (χ4v) is 1.59. The third kappa shape index (κ3) is 2.50. The molecule has 2 aromatic rings. The summed E-state index contributed by atoms with van der Waals surface area (Å²) in [7, 11) is 0. The van der Waals surface area contributed by atoms with Gasteiger partial charge in [-0.25, -0.2) is 4.79 Å². The predicted octanol–water partition coefficient (Wildman–Crippen LogP) is 2.64. The maximum atomic E-state index is 11.1. The number of Topliss-reactive ketones (excluding diaryl/α,β-unsaturated/α-hetero) is 1. The highest BCUT2D eigenvalue weighted by Crippen LogP contribution is 2.22. The Labute approximate surface area is 99.0 Å². The zero-order chi connectivity index (χ0) is 12.4. The van der Waals surface area contributed by atoms with Crippen molar-refractivity contribution in [2.24, 2.45) is 0 Å². The number of carbonyl (C=O) groups excluding carboxylic acids is 2. The highest BCUT2D eigenvalue weighted by Gasteiger charge is 2.10. The molecule has 86 valence electrons. The molecule has 0 unspecified atom stereocenters. The largest absolute Gasteiger partial charge is 0.421 e. The zero-order valence-corrected chi connectivity index (χ0v) is 9.69. The van der Waals surface area contributed by atoms with Gasteiger partial charge < -0.3 is 4.74 Å². The number of aryl methyl sites for hydroxylation is 1. The van der Waals surface area contributed by atoms with Crippen LogP contribution < -0.4 is 4.74 Å². The Bertz CT molecular complexity index is 599. The quantitative estimate of drug-likeness (QED) is 0.451. The fourth-order valence-electron chi connectivity index (χ4n) is 1.59. The first-order valence-electron chi connectivity index (χ1n) is 5.29. The molecule has 0 saturated heterocycles. The summed E-state index contributed by atoms with van der Waals surface area (Å²) in [6.45, 7) is 3.20. The van der Waals surface area contributed by atoms with Crippen molar-refractivity contribution in [2.45, 2.75) is 13.8 Å². The molecule has 0 amide bonds. The summed E-state index contributed by atoms with van der Waals surface area (Å²) in [6, 6.07) is 11.3. The van der Waals surface area contributed by atoms with Crippen LogP contribution in [0.4, 0.5) is 0 Å². The van der Waals surface area contributed by atoms with Crippen LogP contribution in [0.3, 0.4) is 0 Å². The summed E-state index contributed by atoms with van der Waals surface area (Å²) in [5.74, 6) is -1.05. The third-order valence-electron chi connectivity index (χ3n) is 2.47. The number of benzene rings is 2. The van der Waals surface area contributed by atoms with Crippen molar-refractivity contribution in [1.82, 2.24) is 0 Å². The average molecular weight is 228 g/mol. The number of hydrogen-bond acceptors (Lipinski definition) is 3. The first-order chi connectivity index (χ1) is 8.06. The molecule has 0 radical (unpaired) electrons. The molecule has 3 heteroatoms. The van der Waals surface area contributed by atoms with E-state index >= 15 is 0 Å². The maximum Gasteiger partial charge on any atom is 0.379 e. The number of rotatable bonds is 2. The van der Waals surface area contributed by atoms with E-state index in [9.17, 15) is 9.59 Å². The molecule has 0 saturated carbocycles. The topological polar surface area (TPSA) is 43.4 Å². The molecule has 0 aliphatic rings. The minimum atomic E-state index is -0.837. The summed E-state index contributed by atoms with van der Waals surface area (Å²) in [5, 5.41) is 2.05. The Morgan fingerprint density at radius 1 is 1.00 bits per heavy atom. The van der Waals surface area contributed by atoms with Gasteiger partial charge in [0.1, 0.15) is 5.75 Å². The van der Waals surface area contributed by atoms with Crippen molar-refractivity contribution in [1.29, 1.82) is 0 Å². The standard InChI is InChI=1S/C14H12O3/c1-9-3-4-12-8-13(6-5-11(12)7-9)17-14(16)10(2)15/h3-8H,1-2H3. The van der Waals surface area contributed by atoms with Crippen LogP contribution in [-0.2, 0) is 9.59 Å². The van der Waals surface area contributed by atoms with Gasteiger partial charge in [-0.1, -0.05) is 29.8 Å². The SMILES string of the molecule is CC(=O)C(=O)Oc1ccc2cc(C)ccc2c1. The molecular formula is C14H12O3. The van der Waals surface area contributed by atoms with Crippen LogP contribution in [0.1, 0.15) is 12.5 Å². The van der Waals surface area contributed by atoms with Crippen molar-refractivity contribution < 1.29 is 14.3 Å². The van der Waals surface area contributed by atoms with Crippen molar-refractivity contribution in [2.75, 3.05) is 0 Å². The molecule has 0 bridgehead atoms. The highest BCUT2D eigenvalue weighted by atomic mass is 16.5. The average Bonchev–Trinajstić information content (AvgIpc) is 2.29. The minimum Gasteiger partial charge on any atom is -0.421 e. The number of esters is 1. The second-order valence-corrected chi connectivity index (χ2v) is 3.96. The molecule has 0 N–H and O–H groups in total. The highest BCUT2D eigenvalue weighted by molar-refractivity contribution is 6.33. The predicted molar refractivity (Wildman–Crippen MR) is 65.0 cm³/mol. The normalized spacial score (nSPS) is 10.2. The first kappa shape index (κ1) is 11.3. The van der Waals surface area contributed by atoms with E-state index in [1.807, 2.05) is 31.2 Å². The number of carbonyl (C=O) groups is 2. The van der Waals surface area contributed by atoms with Crippen molar-refractivity contribution in [3.63, 3.8) is 0 Å². The van der Waals surface area contributed by atoms with E-state index in [4.69, 9.17) is 4.74 Å². The molecule has 0 aliphatic heterocycles. The van der Waals surface area contributed by atoms with Gasteiger partial charge >= 0.3 is 5.97 Å². The van der Waals surface area contributed by atoms with Crippen LogP contribution in [0.5, 0.6) is 5.75 Å². The smallest absolute Gasteiger partial charge is 0.379 e. The molecule has 0 spiro atoms. The number of ketones is 1.